The predicted molar refractivity (Wildman–Crippen MR) is 100.0 cm³/mol. The van der Waals surface area contributed by atoms with Gasteiger partial charge in [0.05, 0.1) is 5.92 Å². The highest BCUT2D eigenvalue weighted by Gasteiger charge is 2.38. The van der Waals surface area contributed by atoms with Crippen LogP contribution in [0.1, 0.15) is 13.3 Å². The number of piperazine rings is 1. The summed E-state index contributed by atoms with van der Waals surface area (Å²) in [6.07, 6.45) is 2.35. The van der Waals surface area contributed by atoms with Crippen LogP contribution in [0.2, 0.25) is 0 Å². The second-order valence-corrected chi connectivity index (χ2v) is 7.07. The molecule has 0 aliphatic carbocycles. The van der Waals surface area contributed by atoms with Crippen LogP contribution in [0.25, 0.3) is 0 Å². The molecule has 1 aromatic carbocycles. The zero-order valence-electron chi connectivity index (χ0n) is 14.0. The molecule has 2 heterocycles. The van der Waals surface area contributed by atoms with Crippen molar-refractivity contribution in [1.29, 1.82) is 0 Å². The molecule has 0 bridgehead atoms. The lowest BCUT2D eigenvalue weighted by Crippen LogP contribution is -2.54. The van der Waals surface area contributed by atoms with E-state index in [0.29, 0.717) is 13.0 Å². The number of thioether (sulfide) groups is 1. The van der Waals surface area contributed by atoms with E-state index in [4.69, 9.17) is 0 Å². The molecule has 1 unspecified atom stereocenters. The Balaban J connectivity index is 0.00000208. The number of hydrogen-bond donors (Lipinski definition) is 1. The molecular formula is C17H24ClN3O2S. The Labute approximate surface area is 153 Å². The van der Waals surface area contributed by atoms with Gasteiger partial charge < -0.3 is 15.1 Å². The SMILES string of the molecule is CSc1ccc(N2CC(C(=O)N3CCNC[C@H]3C)CC2=O)cc1.Cl. The Kier molecular flexibility index (Phi) is 6.54. The van der Waals surface area contributed by atoms with E-state index in [2.05, 4.69) is 12.2 Å². The second kappa shape index (κ2) is 8.23. The Morgan fingerprint density at radius 1 is 1.29 bits per heavy atom. The molecule has 132 valence electrons. The molecule has 1 N–H and O–H groups in total. The van der Waals surface area contributed by atoms with E-state index < -0.39 is 0 Å². The molecule has 1 aromatic rings. The monoisotopic (exact) mass is 369 g/mol. The van der Waals surface area contributed by atoms with Gasteiger partial charge in [-0.3, -0.25) is 9.59 Å². The van der Waals surface area contributed by atoms with Gasteiger partial charge in [-0.05, 0) is 37.4 Å². The zero-order chi connectivity index (χ0) is 16.4. The fraction of sp³-hybridized carbons (Fsp3) is 0.529. The summed E-state index contributed by atoms with van der Waals surface area (Å²) in [7, 11) is 0. The summed E-state index contributed by atoms with van der Waals surface area (Å²) in [6, 6.07) is 8.15. The van der Waals surface area contributed by atoms with Crippen LogP contribution in [-0.2, 0) is 9.59 Å². The van der Waals surface area contributed by atoms with Crippen molar-refractivity contribution in [3.8, 4) is 0 Å². The summed E-state index contributed by atoms with van der Waals surface area (Å²) < 4.78 is 0. The number of halogens is 1. The van der Waals surface area contributed by atoms with Crippen molar-refractivity contribution in [3.05, 3.63) is 24.3 Å². The first-order valence-electron chi connectivity index (χ1n) is 8.05. The summed E-state index contributed by atoms with van der Waals surface area (Å²) in [5.41, 5.74) is 0.886. The molecule has 0 saturated carbocycles. The Hall–Kier alpha value is -1.24. The van der Waals surface area contributed by atoms with Crippen LogP contribution in [0.15, 0.2) is 29.2 Å². The third-order valence-corrected chi connectivity index (χ3v) is 5.39. The average Bonchev–Trinajstić information content (AvgIpc) is 2.96. The number of nitrogens with one attached hydrogen (secondary N) is 1. The topological polar surface area (TPSA) is 52.7 Å². The van der Waals surface area contributed by atoms with Gasteiger partial charge >= 0.3 is 0 Å². The van der Waals surface area contributed by atoms with Gasteiger partial charge in [-0.25, -0.2) is 0 Å². The van der Waals surface area contributed by atoms with Crippen LogP contribution in [-0.4, -0.2) is 55.2 Å². The number of amides is 2. The highest BCUT2D eigenvalue weighted by atomic mass is 35.5. The standard InChI is InChI=1S/C17H23N3O2S.ClH/c1-12-10-18-7-8-19(12)17(22)13-9-16(21)20(11-13)14-3-5-15(23-2)6-4-14;/h3-6,12-13,18H,7-11H2,1-2H3;1H/t12-,13?;/m1./s1. The molecule has 5 nitrogen and oxygen atoms in total. The molecule has 24 heavy (non-hydrogen) atoms. The van der Waals surface area contributed by atoms with Crippen LogP contribution in [0, 0.1) is 5.92 Å². The van der Waals surface area contributed by atoms with Crippen molar-refractivity contribution in [1.82, 2.24) is 10.2 Å². The molecule has 0 radical (unpaired) electrons. The molecule has 2 fully saturated rings. The minimum atomic E-state index is -0.219. The van der Waals surface area contributed by atoms with Crippen molar-refractivity contribution in [2.75, 3.05) is 37.3 Å². The summed E-state index contributed by atoms with van der Waals surface area (Å²) >= 11 is 1.68. The van der Waals surface area contributed by atoms with Gasteiger partial charge in [0.15, 0.2) is 0 Å². The Morgan fingerprint density at radius 2 is 2.00 bits per heavy atom. The van der Waals surface area contributed by atoms with Crippen LogP contribution in [0.3, 0.4) is 0 Å². The highest BCUT2D eigenvalue weighted by Crippen LogP contribution is 2.28. The molecule has 3 rings (SSSR count). The van der Waals surface area contributed by atoms with Crippen molar-refractivity contribution >= 4 is 41.7 Å². The summed E-state index contributed by atoms with van der Waals surface area (Å²) in [4.78, 5) is 29.9. The molecular weight excluding hydrogens is 346 g/mol. The summed E-state index contributed by atoms with van der Waals surface area (Å²) in [5, 5.41) is 3.29. The van der Waals surface area contributed by atoms with E-state index in [1.165, 1.54) is 4.90 Å². The van der Waals surface area contributed by atoms with E-state index >= 15 is 0 Å². The highest BCUT2D eigenvalue weighted by molar-refractivity contribution is 7.98. The van der Waals surface area contributed by atoms with Gasteiger partial charge in [0.25, 0.3) is 0 Å². The van der Waals surface area contributed by atoms with Crippen LogP contribution in [0.4, 0.5) is 5.69 Å². The quantitative estimate of drug-likeness (QED) is 0.828. The zero-order valence-corrected chi connectivity index (χ0v) is 15.7. The lowest BCUT2D eigenvalue weighted by Gasteiger charge is -2.35. The van der Waals surface area contributed by atoms with Crippen molar-refractivity contribution in [2.24, 2.45) is 5.92 Å². The van der Waals surface area contributed by atoms with E-state index in [0.717, 1.165) is 25.3 Å². The molecule has 2 saturated heterocycles. The first-order chi connectivity index (χ1) is 11.1. The van der Waals surface area contributed by atoms with Crippen molar-refractivity contribution in [3.63, 3.8) is 0 Å². The van der Waals surface area contributed by atoms with E-state index in [9.17, 15) is 9.59 Å². The first kappa shape index (κ1) is 19.1. The fourth-order valence-electron chi connectivity index (χ4n) is 3.29. The molecule has 2 aliphatic heterocycles. The number of carbonyl (C=O) groups is 2. The number of hydrogen-bond acceptors (Lipinski definition) is 4. The van der Waals surface area contributed by atoms with Crippen LogP contribution >= 0.6 is 24.2 Å². The Morgan fingerprint density at radius 3 is 2.62 bits per heavy atom. The smallest absolute Gasteiger partial charge is 0.228 e. The molecule has 0 aromatic heterocycles. The second-order valence-electron chi connectivity index (χ2n) is 6.19. The van der Waals surface area contributed by atoms with Gasteiger partial charge in [0.1, 0.15) is 0 Å². The molecule has 2 aliphatic rings. The van der Waals surface area contributed by atoms with Gasteiger partial charge in [-0.1, -0.05) is 0 Å². The molecule has 2 atom stereocenters. The third kappa shape index (κ3) is 3.87. The summed E-state index contributed by atoms with van der Waals surface area (Å²) in [6.45, 7) is 4.93. The van der Waals surface area contributed by atoms with Gasteiger partial charge in [-0.2, -0.15) is 0 Å². The minimum Gasteiger partial charge on any atom is -0.337 e. The average molecular weight is 370 g/mol. The number of anilines is 1. The van der Waals surface area contributed by atoms with Crippen LogP contribution < -0.4 is 10.2 Å². The van der Waals surface area contributed by atoms with Crippen molar-refractivity contribution < 1.29 is 9.59 Å². The largest absolute Gasteiger partial charge is 0.337 e. The molecule has 7 heteroatoms. The van der Waals surface area contributed by atoms with E-state index in [1.54, 1.807) is 16.7 Å². The molecule has 2 amide bonds. The minimum absolute atomic E-state index is 0. The fourth-order valence-corrected chi connectivity index (χ4v) is 3.70. The van der Waals surface area contributed by atoms with Gasteiger partial charge in [-0.15, -0.1) is 24.2 Å². The third-order valence-electron chi connectivity index (χ3n) is 4.64. The number of rotatable bonds is 3. The normalized spacial score (nSPS) is 24.0. The number of nitrogens with zero attached hydrogens (tertiary/aromatic N) is 2. The maximum Gasteiger partial charge on any atom is 0.228 e. The maximum atomic E-state index is 12.7. The van der Waals surface area contributed by atoms with E-state index in [-0.39, 0.29) is 36.2 Å². The maximum absolute atomic E-state index is 12.7. The van der Waals surface area contributed by atoms with Crippen molar-refractivity contribution in [2.45, 2.75) is 24.3 Å². The van der Waals surface area contributed by atoms with Gasteiger partial charge in [0.2, 0.25) is 11.8 Å². The summed E-state index contributed by atoms with van der Waals surface area (Å²) in [5.74, 6) is -0.0538. The van der Waals surface area contributed by atoms with Gasteiger partial charge in [0, 0.05) is 49.2 Å². The lowest BCUT2D eigenvalue weighted by molar-refractivity contribution is -0.138. The Bertz CT molecular complexity index is 596. The first-order valence-corrected chi connectivity index (χ1v) is 9.28. The molecule has 0 spiro atoms. The predicted octanol–water partition coefficient (Wildman–Crippen LogP) is 2.00. The van der Waals surface area contributed by atoms with Crippen LogP contribution in [0.5, 0.6) is 0 Å². The van der Waals surface area contributed by atoms with E-state index in [1.807, 2.05) is 35.4 Å². The number of benzene rings is 1. The number of carbonyl (C=O) groups excluding carboxylic acids is 2. The lowest BCUT2D eigenvalue weighted by atomic mass is 10.1.